The maximum absolute atomic E-state index is 13.2. The highest BCUT2D eigenvalue weighted by atomic mass is 16.2. The first-order chi connectivity index (χ1) is 16.5. The van der Waals surface area contributed by atoms with Gasteiger partial charge in [-0.1, -0.05) is 48.5 Å². The Kier molecular flexibility index (Phi) is 7.34. The van der Waals surface area contributed by atoms with E-state index in [9.17, 15) is 9.59 Å². The fourth-order valence-electron chi connectivity index (χ4n) is 4.13. The molecule has 1 aliphatic rings. The fraction of sp³-hybridized carbons (Fsp3) is 0.280. The van der Waals surface area contributed by atoms with Crippen LogP contribution < -0.4 is 27.0 Å². The number of nitrogens with zero attached hydrogens (tertiary/aromatic N) is 1. The van der Waals surface area contributed by atoms with Gasteiger partial charge in [0.15, 0.2) is 5.96 Å². The predicted molar refractivity (Wildman–Crippen MR) is 132 cm³/mol. The zero-order valence-electron chi connectivity index (χ0n) is 18.8. The molecule has 1 saturated heterocycles. The van der Waals surface area contributed by atoms with Gasteiger partial charge in [-0.15, -0.1) is 0 Å². The molecule has 3 atom stereocenters. The molecule has 7 N–H and O–H groups in total. The van der Waals surface area contributed by atoms with Crippen molar-refractivity contribution in [3.63, 3.8) is 0 Å². The van der Waals surface area contributed by atoms with Crippen molar-refractivity contribution in [3.05, 3.63) is 72.4 Å². The summed E-state index contributed by atoms with van der Waals surface area (Å²) < 4.78 is 0. The van der Waals surface area contributed by atoms with Crippen molar-refractivity contribution in [1.82, 2.24) is 20.9 Å². The molecule has 0 aliphatic carbocycles. The van der Waals surface area contributed by atoms with Gasteiger partial charge in [0.2, 0.25) is 11.8 Å². The van der Waals surface area contributed by atoms with Crippen LogP contribution in [0, 0.1) is 5.41 Å². The molecule has 176 valence electrons. The average molecular weight is 460 g/mol. The number of rotatable bonds is 8. The van der Waals surface area contributed by atoms with Crippen molar-refractivity contribution in [1.29, 1.82) is 5.41 Å². The van der Waals surface area contributed by atoms with Crippen LogP contribution >= 0.6 is 0 Å². The molecule has 2 aromatic carbocycles. The van der Waals surface area contributed by atoms with Crippen molar-refractivity contribution in [3.8, 4) is 0 Å². The van der Waals surface area contributed by atoms with Crippen LogP contribution in [0.2, 0.25) is 0 Å². The first kappa shape index (κ1) is 23.2. The fourth-order valence-corrected chi connectivity index (χ4v) is 4.13. The number of carbonyl (C=O) groups excluding carboxylic acids is 2. The number of para-hydroxylation sites is 1. The number of hydrogen-bond donors (Lipinski definition) is 6. The summed E-state index contributed by atoms with van der Waals surface area (Å²) in [5.41, 5.74) is 7.91. The number of aromatic nitrogens is 1. The number of aryl methyl sites for hydroxylation is 1. The molecule has 1 unspecified atom stereocenters. The summed E-state index contributed by atoms with van der Waals surface area (Å²) in [5.74, 6) is -0.674. The normalized spacial score (nSPS) is 18.2. The third-order valence-corrected chi connectivity index (χ3v) is 5.86. The molecule has 9 nitrogen and oxygen atoms in total. The zero-order valence-corrected chi connectivity index (χ0v) is 18.8. The van der Waals surface area contributed by atoms with E-state index < -0.39 is 12.1 Å². The van der Waals surface area contributed by atoms with Crippen LogP contribution in [0.4, 0.5) is 5.69 Å². The van der Waals surface area contributed by atoms with E-state index in [-0.39, 0.29) is 23.8 Å². The topological polar surface area (TPSA) is 145 Å². The Morgan fingerprint density at radius 1 is 1.15 bits per heavy atom. The van der Waals surface area contributed by atoms with Gasteiger partial charge in [0, 0.05) is 18.0 Å². The Morgan fingerprint density at radius 2 is 1.91 bits per heavy atom. The maximum atomic E-state index is 13.2. The number of guanidine groups is 1. The number of benzene rings is 2. The molecule has 1 aliphatic heterocycles. The lowest BCUT2D eigenvalue weighted by Gasteiger charge is -2.21. The van der Waals surface area contributed by atoms with Gasteiger partial charge >= 0.3 is 0 Å². The highest BCUT2D eigenvalue weighted by molar-refractivity contribution is 5.99. The monoisotopic (exact) mass is 459 g/mol. The molecule has 1 fully saturated rings. The van der Waals surface area contributed by atoms with E-state index in [0.717, 1.165) is 16.5 Å². The number of pyridine rings is 1. The number of anilines is 1. The van der Waals surface area contributed by atoms with E-state index in [1.165, 1.54) is 0 Å². The summed E-state index contributed by atoms with van der Waals surface area (Å²) in [5, 5.41) is 20.1. The Morgan fingerprint density at radius 3 is 2.71 bits per heavy atom. The molecular weight excluding hydrogens is 430 g/mol. The lowest BCUT2D eigenvalue weighted by Crippen LogP contribution is -2.50. The van der Waals surface area contributed by atoms with Gasteiger partial charge in [-0.25, -0.2) is 0 Å². The standard InChI is InChI=1S/C25H29N7O2/c26-25(27)31-19-13-22(29-15-19)24(34)32-21(11-10-16-6-2-1-3-7-16)23(33)30-18-12-17-8-4-5-9-20(17)28-14-18/h1-9,12,14,19,21-22,29H,10-11,13,15H2,(H,30,33)(H,32,34)(H4,26,27,31)/t19-,21?,22+/m1/s1. The van der Waals surface area contributed by atoms with Gasteiger partial charge < -0.3 is 27.0 Å². The number of nitrogens with one attached hydrogen (secondary N) is 5. The minimum atomic E-state index is -0.721. The van der Waals surface area contributed by atoms with E-state index in [0.29, 0.717) is 31.5 Å². The maximum Gasteiger partial charge on any atom is 0.247 e. The van der Waals surface area contributed by atoms with Crippen LogP contribution in [0.5, 0.6) is 0 Å². The SMILES string of the molecule is N=C(N)N[C@H]1CN[C@H](C(=O)NC(CCc2ccccc2)C(=O)Nc2cnc3ccccc3c2)C1. The molecule has 1 aromatic heterocycles. The zero-order chi connectivity index (χ0) is 23.9. The Bertz CT molecular complexity index is 1170. The van der Waals surface area contributed by atoms with E-state index in [1.54, 1.807) is 6.20 Å². The molecule has 2 amide bonds. The summed E-state index contributed by atoms with van der Waals surface area (Å²) in [6, 6.07) is 18.1. The van der Waals surface area contributed by atoms with E-state index in [4.69, 9.17) is 11.1 Å². The number of amides is 2. The van der Waals surface area contributed by atoms with Crippen molar-refractivity contribution < 1.29 is 9.59 Å². The lowest BCUT2D eigenvalue weighted by molar-refractivity contribution is -0.127. The summed E-state index contributed by atoms with van der Waals surface area (Å²) in [6.07, 6.45) is 3.19. The second-order valence-corrected chi connectivity index (χ2v) is 8.44. The van der Waals surface area contributed by atoms with E-state index in [2.05, 4.69) is 26.3 Å². The van der Waals surface area contributed by atoms with Crippen LogP contribution in [0.3, 0.4) is 0 Å². The molecule has 34 heavy (non-hydrogen) atoms. The Balaban J connectivity index is 1.44. The first-order valence-corrected chi connectivity index (χ1v) is 11.3. The van der Waals surface area contributed by atoms with Gasteiger partial charge in [0.25, 0.3) is 0 Å². The van der Waals surface area contributed by atoms with Crippen LogP contribution in [-0.4, -0.2) is 47.4 Å². The third-order valence-electron chi connectivity index (χ3n) is 5.86. The van der Waals surface area contributed by atoms with Crippen molar-refractivity contribution >= 4 is 34.4 Å². The number of fused-ring (bicyclic) bond motifs is 1. The molecule has 0 bridgehead atoms. The first-order valence-electron chi connectivity index (χ1n) is 11.3. The molecule has 4 rings (SSSR count). The molecule has 3 aromatic rings. The molecule has 9 heteroatoms. The summed E-state index contributed by atoms with van der Waals surface area (Å²) in [7, 11) is 0. The molecule has 2 heterocycles. The lowest BCUT2D eigenvalue weighted by atomic mass is 10.0. The highest BCUT2D eigenvalue weighted by Gasteiger charge is 2.32. The van der Waals surface area contributed by atoms with Crippen molar-refractivity contribution in [2.24, 2.45) is 5.73 Å². The summed E-state index contributed by atoms with van der Waals surface area (Å²) in [6.45, 7) is 0.515. The second-order valence-electron chi connectivity index (χ2n) is 8.44. The van der Waals surface area contributed by atoms with Crippen LogP contribution in [0.25, 0.3) is 10.9 Å². The minimum absolute atomic E-state index is 0.103. The van der Waals surface area contributed by atoms with Gasteiger partial charge in [-0.2, -0.15) is 0 Å². The van der Waals surface area contributed by atoms with Crippen LogP contribution in [-0.2, 0) is 16.0 Å². The Hall–Kier alpha value is -3.98. The Labute approximate surface area is 198 Å². The van der Waals surface area contributed by atoms with E-state index >= 15 is 0 Å². The molecule has 0 radical (unpaired) electrons. The van der Waals surface area contributed by atoms with Gasteiger partial charge in [-0.05, 0) is 37.0 Å². The largest absolute Gasteiger partial charge is 0.370 e. The van der Waals surface area contributed by atoms with Gasteiger partial charge in [-0.3, -0.25) is 20.0 Å². The van der Waals surface area contributed by atoms with Crippen LogP contribution in [0.15, 0.2) is 66.9 Å². The highest BCUT2D eigenvalue weighted by Crippen LogP contribution is 2.17. The molecular formula is C25H29N7O2. The number of carbonyl (C=O) groups is 2. The summed E-state index contributed by atoms with van der Waals surface area (Å²) in [4.78, 5) is 30.5. The second kappa shape index (κ2) is 10.8. The molecule has 0 saturated carbocycles. The quantitative estimate of drug-likeness (QED) is 0.222. The number of nitrogens with two attached hydrogens (primary N) is 1. The summed E-state index contributed by atoms with van der Waals surface area (Å²) >= 11 is 0. The van der Waals surface area contributed by atoms with Gasteiger partial charge in [0.1, 0.15) is 6.04 Å². The van der Waals surface area contributed by atoms with Gasteiger partial charge in [0.05, 0.1) is 23.4 Å². The third kappa shape index (κ3) is 6.08. The minimum Gasteiger partial charge on any atom is -0.370 e. The van der Waals surface area contributed by atoms with Crippen molar-refractivity contribution in [2.45, 2.75) is 37.4 Å². The average Bonchev–Trinajstić information content (AvgIpc) is 3.30. The number of hydrogen-bond acceptors (Lipinski definition) is 5. The predicted octanol–water partition coefficient (Wildman–Crippen LogP) is 1.50. The van der Waals surface area contributed by atoms with E-state index in [1.807, 2.05) is 60.7 Å². The van der Waals surface area contributed by atoms with Crippen molar-refractivity contribution in [2.75, 3.05) is 11.9 Å². The smallest absolute Gasteiger partial charge is 0.247 e. The molecule has 0 spiro atoms. The van der Waals surface area contributed by atoms with Crippen LogP contribution in [0.1, 0.15) is 18.4 Å².